The number of para-hydroxylation sites is 1. The van der Waals surface area contributed by atoms with E-state index in [0.717, 1.165) is 23.4 Å². The molecule has 0 unspecified atom stereocenters. The number of hydrogen-bond donors (Lipinski definition) is 0. The average molecular weight is 405 g/mol. The van der Waals surface area contributed by atoms with Gasteiger partial charge in [-0.1, -0.05) is 24.3 Å². The van der Waals surface area contributed by atoms with Crippen LogP contribution in [0.1, 0.15) is 10.4 Å². The second kappa shape index (κ2) is 7.39. The summed E-state index contributed by atoms with van der Waals surface area (Å²) in [6, 6.07) is 15.3. The van der Waals surface area contributed by atoms with E-state index in [2.05, 4.69) is 16.3 Å². The molecule has 29 heavy (non-hydrogen) atoms. The molecule has 0 bridgehead atoms. The van der Waals surface area contributed by atoms with Gasteiger partial charge in [0.1, 0.15) is 30.1 Å². The van der Waals surface area contributed by atoms with Gasteiger partial charge >= 0.3 is 0 Å². The summed E-state index contributed by atoms with van der Waals surface area (Å²) in [7, 11) is 1.59. The van der Waals surface area contributed by atoms with Crippen LogP contribution in [0.5, 0.6) is 11.5 Å². The zero-order valence-corrected chi connectivity index (χ0v) is 16.7. The number of fused-ring (bicyclic) bond motifs is 3. The largest absolute Gasteiger partial charge is 0.496 e. The van der Waals surface area contributed by atoms with Crippen LogP contribution in [0.4, 0.5) is 0 Å². The van der Waals surface area contributed by atoms with Crippen LogP contribution in [0.15, 0.2) is 69.4 Å². The highest BCUT2D eigenvalue weighted by atomic mass is 32.1. The van der Waals surface area contributed by atoms with Gasteiger partial charge in [0.05, 0.1) is 23.6 Å². The van der Waals surface area contributed by atoms with E-state index in [4.69, 9.17) is 13.9 Å². The molecule has 0 radical (unpaired) electrons. The molecule has 2 aromatic carbocycles. The second-order valence-electron chi connectivity index (χ2n) is 6.94. The van der Waals surface area contributed by atoms with E-state index in [1.165, 1.54) is 11.1 Å². The molecule has 2 aromatic heterocycles. The lowest BCUT2D eigenvalue weighted by atomic mass is 10.0. The van der Waals surface area contributed by atoms with Crippen molar-refractivity contribution in [2.45, 2.75) is 13.1 Å². The van der Waals surface area contributed by atoms with Gasteiger partial charge < -0.3 is 13.9 Å². The van der Waals surface area contributed by atoms with Crippen LogP contribution < -0.4 is 14.9 Å². The van der Waals surface area contributed by atoms with Crippen molar-refractivity contribution < 1.29 is 13.9 Å². The molecule has 0 amide bonds. The zero-order valence-electron chi connectivity index (χ0n) is 15.9. The van der Waals surface area contributed by atoms with E-state index < -0.39 is 0 Å². The van der Waals surface area contributed by atoms with Crippen molar-refractivity contribution >= 4 is 22.3 Å². The van der Waals surface area contributed by atoms with Gasteiger partial charge in [0, 0.05) is 23.5 Å². The number of rotatable bonds is 4. The summed E-state index contributed by atoms with van der Waals surface area (Å²) < 4.78 is 17.3. The molecule has 5 rings (SSSR count). The monoisotopic (exact) mass is 405 g/mol. The molecule has 4 aromatic rings. The van der Waals surface area contributed by atoms with Gasteiger partial charge in [-0.15, -0.1) is 11.3 Å². The molecule has 1 aliphatic heterocycles. The minimum absolute atomic E-state index is 0.0751. The van der Waals surface area contributed by atoms with Crippen molar-refractivity contribution in [1.29, 1.82) is 0 Å². The molecule has 0 saturated heterocycles. The molecule has 0 fully saturated rings. The van der Waals surface area contributed by atoms with Crippen LogP contribution in [0.3, 0.4) is 0 Å². The van der Waals surface area contributed by atoms with Crippen molar-refractivity contribution in [2.24, 2.45) is 0 Å². The molecule has 0 atom stereocenters. The van der Waals surface area contributed by atoms with Gasteiger partial charge in [0.25, 0.3) is 0 Å². The minimum Gasteiger partial charge on any atom is -0.496 e. The lowest BCUT2D eigenvalue weighted by molar-refractivity contribution is 0.0899. The number of methoxy groups -OCH3 is 1. The zero-order chi connectivity index (χ0) is 19.8. The fourth-order valence-corrected chi connectivity index (χ4v) is 4.48. The van der Waals surface area contributed by atoms with Crippen molar-refractivity contribution in [3.63, 3.8) is 0 Å². The van der Waals surface area contributed by atoms with Crippen molar-refractivity contribution in [3.05, 3.63) is 80.8 Å². The number of thiophene rings is 1. The van der Waals surface area contributed by atoms with Crippen LogP contribution in [0, 0.1) is 0 Å². The van der Waals surface area contributed by atoms with Crippen LogP contribution in [0.2, 0.25) is 0 Å². The summed E-state index contributed by atoms with van der Waals surface area (Å²) >= 11 is 1.72. The highest BCUT2D eigenvalue weighted by molar-refractivity contribution is 7.09. The Kier molecular flexibility index (Phi) is 4.58. The highest BCUT2D eigenvalue weighted by Gasteiger charge is 2.23. The molecular weight excluding hydrogens is 386 g/mol. The number of ether oxygens (including phenoxy) is 2. The smallest absolute Gasteiger partial charge is 0.200 e. The minimum atomic E-state index is -0.0751. The summed E-state index contributed by atoms with van der Waals surface area (Å²) in [5, 5.41) is 2.62. The third-order valence-electron chi connectivity index (χ3n) is 5.14. The van der Waals surface area contributed by atoms with Gasteiger partial charge in [-0.2, -0.15) is 0 Å². The Morgan fingerprint density at radius 2 is 2.00 bits per heavy atom. The first-order chi connectivity index (χ1) is 14.2. The molecule has 1 aliphatic rings. The summed E-state index contributed by atoms with van der Waals surface area (Å²) in [5.74, 6) is 1.41. The van der Waals surface area contributed by atoms with Gasteiger partial charge in [-0.05, 0) is 29.6 Å². The summed E-state index contributed by atoms with van der Waals surface area (Å²) in [4.78, 5) is 16.7. The van der Waals surface area contributed by atoms with Gasteiger partial charge in [-0.25, -0.2) is 0 Å². The summed E-state index contributed by atoms with van der Waals surface area (Å²) in [6.45, 7) is 1.98. The maximum Gasteiger partial charge on any atom is 0.200 e. The summed E-state index contributed by atoms with van der Waals surface area (Å²) in [6.07, 6.45) is 1.53. The maximum atomic E-state index is 13.3. The Hall–Kier alpha value is -3.09. The standard InChI is InChI=1S/C23H19NO4S/c1-26-20-7-3-2-6-16(20)19-13-27-23-17(22(19)25)8-9-21-18(23)12-24(14-28-21)11-15-5-4-10-29-15/h2-10,13H,11-12,14H2,1H3. The molecule has 0 spiro atoms. The third kappa shape index (κ3) is 3.20. The van der Waals surface area contributed by atoms with E-state index in [-0.39, 0.29) is 5.43 Å². The predicted molar refractivity (Wildman–Crippen MR) is 114 cm³/mol. The predicted octanol–water partition coefficient (Wildman–Crippen LogP) is 4.88. The molecule has 146 valence electrons. The molecular formula is C23H19NO4S. The maximum absolute atomic E-state index is 13.3. The van der Waals surface area contributed by atoms with Crippen LogP contribution in [-0.4, -0.2) is 18.7 Å². The summed E-state index contributed by atoms with van der Waals surface area (Å²) in [5.41, 5.74) is 2.63. The Labute approximate surface area is 171 Å². The van der Waals surface area contributed by atoms with Crippen molar-refractivity contribution in [1.82, 2.24) is 4.90 Å². The first-order valence-corrected chi connectivity index (χ1v) is 10.2. The number of nitrogens with zero attached hydrogens (tertiary/aromatic N) is 1. The van der Waals surface area contributed by atoms with E-state index in [9.17, 15) is 4.79 Å². The Balaban J connectivity index is 1.57. The lowest BCUT2D eigenvalue weighted by Gasteiger charge is -2.28. The lowest BCUT2D eigenvalue weighted by Crippen LogP contribution is -2.31. The van der Waals surface area contributed by atoms with E-state index in [1.807, 2.05) is 36.4 Å². The van der Waals surface area contributed by atoms with Gasteiger partial charge in [0.15, 0.2) is 0 Å². The van der Waals surface area contributed by atoms with E-state index >= 15 is 0 Å². The average Bonchev–Trinajstić information content (AvgIpc) is 3.27. The van der Waals surface area contributed by atoms with E-state index in [1.54, 1.807) is 24.5 Å². The molecule has 5 nitrogen and oxygen atoms in total. The molecule has 0 aliphatic carbocycles. The molecule has 3 heterocycles. The molecule has 6 heteroatoms. The second-order valence-corrected chi connectivity index (χ2v) is 7.97. The quantitative estimate of drug-likeness (QED) is 0.484. The van der Waals surface area contributed by atoms with Crippen LogP contribution in [-0.2, 0) is 13.1 Å². The topological polar surface area (TPSA) is 51.9 Å². The highest BCUT2D eigenvalue weighted by Crippen LogP contribution is 2.34. The first-order valence-electron chi connectivity index (χ1n) is 9.33. The first kappa shape index (κ1) is 18.0. The number of benzene rings is 2. The Bertz CT molecular complexity index is 1230. The van der Waals surface area contributed by atoms with E-state index in [0.29, 0.717) is 35.6 Å². The van der Waals surface area contributed by atoms with Crippen molar-refractivity contribution in [2.75, 3.05) is 13.8 Å². The molecule has 0 N–H and O–H groups in total. The fraction of sp³-hybridized carbons (Fsp3) is 0.174. The fourth-order valence-electron chi connectivity index (χ4n) is 3.73. The normalized spacial score (nSPS) is 13.8. The van der Waals surface area contributed by atoms with Crippen molar-refractivity contribution in [3.8, 4) is 22.6 Å². The Morgan fingerprint density at radius 1 is 1.10 bits per heavy atom. The third-order valence-corrected chi connectivity index (χ3v) is 6.00. The van der Waals surface area contributed by atoms with Gasteiger partial charge in [-0.3, -0.25) is 9.69 Å². The van der Waals surface area contributed by atoms with Crippen LogP contribution >= 0.6 is 11.3 Å². The number of hydrogen-bond acceptors (Lipinski definition) is 6. The van der Waals surface area contributed by atoms with Gasteiger partial charge in [0.2, 0.25) is 5.43 Å². The Morgan fingerprint density at radius 3 is 2.83 bits per heavy atom. The SMILES string of the molecule is COc1ccccc1-c1coc2c3c(ccc2c1=O)OCN(Cc1cccs1)C3. The van der Waals surface area contributed by atoms with Crippen LogP contribution in [0.25, 0.3) is 22.1 Å². The molecule has 0 saturated carbocycles.